The number of rotatable bonds is 3. The van der Waals surface area contributed by atoms with Crippen molar-refractivity contribution in [2.75, 3.05) is 11.9 Å². The smallest absolute Gasteiger partial charge is 0.304 e. The molecule has 0 unspecified atom stereocenters. The molecule has 108 valence electrons. The monoisotopic (exact) mass is 288 g/mol. The number of aryl methyl sites for hydroxylation is 1. The lowest BCUT2D eigenvalue weighted by molar-refractivity contribution is -0.387. The number of anilines is 1. The molecule has 6 heteroatoms. The molecular formula is C15H13FN2O3. The van der Waals surface area contributed by atoms with Crippen LogP contribution in [0.3, 0.4) is 0 Å². The summed E-state index contributed by atoms with van der Waals surface area (Å²) in [5.74, 6) is -1.46. The number of carbonyl (C=O) groups excluding carboxylic acids is 1. The fourth-order valence-electron chi connectivity index (χ4n) is 1.87. The van der Waals surface area contributed by atoms with Gasteiger partial charge in [-0.15, -0.1) is 0 Å². The largest absolute Gasteiger partial charge is 0.311 e. The Labute approximate surface area is 120 Å². The highest BCUT2D eigenvalue weighted by atomic mass is 19.1. The lowest BCUT2D eigenvalue weighted by atomic mass is 10.1. The highest BCUT2D eigenvalue weighted by molar-refractivity contribution is 6.05. The topological polar surface area (TPSA) is 63.5 Å². The van der Waals surface area contributed by atoms with Crippen LogP contribution >= 0.6 is 0 Å². The molecule has 0 bridgehead atoms. The Morgan fingerprint density at radius 1 is 1.19 bits per heavy atom. The molecule has 0 spiro atoms. The van der Waals surface area contributed by atoms with Crippen LogP contribution in [0.15, 0.2) is 42.5 Å². The average molecular weight is 288 g/mol. The van der Waals surface area contributed by atoms with E-state index in [1.807, 2.05) is 19.1 Å². The molecule has 0 saturated carbocycles. The Bertz CT molecular complexity index is 699. The average Bonchev–Trinajstić information content (AvgIpc) is 2.46. The van der Waals surface area contributed by atoms with Crippen LogP contribution in [0.25, 0.3) is 0 Å². The number of nitrogens with zero attached hydrogens (tertiary/aromatic N) is 2. The fourth-order valence-corrected chi connectivity index (χ4v) is 1.87. The molecule has 2 rings (SSSR count). The van der Waals surface area contributed by atoms with Crippen LogP contribution < -0.4 is 4.90 Å². The van der Waals surface area contributed by atoms with E-state index >= 15 is 0 Å². The molecule has 0 saturated heterocycles. The van der Waals surface area contributed by atoms with E-state index in [0.29, 0.717) is 5.69 Å². The first-order chi connectivity index (χ1) is 9.90. The Balaban J connectivity index is 2.29. The second kappa shape index (κ2) is 5.70. The summed E-state index contributed by atoms with van der Waals surface area (Å²) in [6.07, 6.45) is 0. The van der Waals surface area contributed by atoms with Crippen molar-refractivity contribution in [3.8, 4) is 0 Å². The zero-order valence-corrected chi connectivity index (χ0v) is 11.5. The zero-order chi connectivity index (χ0) is 15.6. The van der Waals surface area contributed by atoms with Gasteiger partial charge in [-0.25, -0.2) is 0 Å². The Hall–Kier alpha value is -2.76. The molecule has 0 aromatic heterocycles. The van der Waals surface area contributed by atoms with Gasteiger partial charge in [-0.05, 0) is 31.2 Å². The third-order valence-electron chi connectivity index (χ3n) is 3.12. The van der Waals surface area contributed by atoms with E-state index < -0.39 is 22.3 Å². The van der Waals surface area contributed by atoms with Gasteiger partial charge in [-0.3, -0.25) is 14.9 Å². The first-order valence-electron chi connectivity index (χ1n) is 6.19. The van der Waals surface area contributed by atoms with Crippen molar-refractivity contribution in [2.45, 2.75) is 6.92 Å². The molecule has 0 atom stereocenters. The van der Waals surface area contributed by atoms with E-state index in [1.54, 1.807) is 19.2 Å². The molecular weight excluding hydrogens is 275 g/mol. The minimum Gasteiger partial charge on any atom is -0.311 e. The number of benzene rings is 2. The van der Waals surface area contributed by atoms with Gasteiger partial charge in [0.25, 0.3) is 5.91 Å². The van der Waals surface area contributed by atoms with Crippen molar-refractivity contribution in [2.24, 2.45) is 0 Å². The highest BCUT2D eigenvalue weighted by Gasteiger charge is 2.19. The maximum atomic E-state index is 13.6. The predicted octanol–water partition coefficient (Wildman–Crippen LogP) is 3.32. The van der Waals surface area contributed by atoms with Crippen molar-refractivity contribution < 1.29 is 14.1 Å². The fraction of sp³-hybridized carbons (Fsp3) is 0.133. The summed E-state index contributed by atoms with van der Waals surface area (Å²) in [7, 11) is 1.56. The lowest BCUT2D eigenvalue weighted by Gasteiger charge is -2.17. The number of hydrogen-bond donors (Lipinski definition) is 0. The Kier molecular flexibility index (Phi) is 3.98. The molecule has 21 heavy (non-hydrogen) atoms. The van der Waals surface area contributed by atoms with Crippen LogP contribution in [0.4, 0.5) is 15.8 Å². The standard InChI is InChI=1S/C15H13FN2O3/c1-10-3-6-12(7-4-10)17(2)15(19)11-5-8-14(18(20)21)13(16)9-11/h3-9H,1-2H3. The quantitative estimate of drug-likeness (QED) is 0.643. The maximum Gasteiger partial charge on any atom is 0.304 e. The minimum absolute atomic E-state index is 0.0566. The minimum atomic E-state index is -1.02. The van der Waals surface area contributed by atoms with Crippen LogP contribution in [0.1, 0.15) is 15.9 Å². The maximum absolute atomic E-state index is 13.6. The number of amides is 1. The molecule has 2 aromatic carbocycles. The summed E-state index contributed by atoms with van der Waals surface area (Å²) in [4.78, 5) is 23.3. The number of carbonyl (C=O) groups is 1. The lowest BCUT2D eigenvalue weighted by Crippen LogP contribution is -2.26. The van der Waals surface area contributed by atoms with E-state index in [9.17, 15) is 19.3 Å². The number of hydrogen-bond acceptors (Lipinski definition) is 3. The summed E-state index contributed by atoms with van der Waals surface area (Å²) >= 11 is 0. The van der Waals surface area contributed by atoms with Crippen LogP contribution in [0.5, 0.6) is 0 Å². The third kappa shape index (κ3) is 3.05. The van der Waals surface area contributed by atoms with Gasteiger partial charge in [0.15, 0.2) is 0 Å². The van der Waals surface area contributed by atoms with Crippen LogP contribution in [0, 0.1) is 22.9 Å². The third-order valence-corrected chi connectivity index (χ3v) is 3.12. The SMILES string of the molecule is Cc1ccc(N(C)C(=O)c2ccc([N+](=O)[O-])c(F)c2)cc1. The van der Waals surface area contributed by atoms with Crippen molar-refractivity contribution in [1.29, 1.82) is 0 Å². The van der Waals surface area contributed by atoms with Crippen LogP contribution in [-0.4, -0.2) is 17.9 Å². The number of nitro benzene ring substituents is 1. The van der Waals surface area contributed by atoms with Gasteiger partial charge in [0.1, 0.15) is 0 Å². The van der Waals surface area contributed by atoms with Crippen molar-refractivity contribution in [1.82, 2.24) is 0 Å². The molecule has 0 N–H and O–H groups in total. The van der Waals surface area contributed by atoms with Gasteiger partial charge in [-0.2, -0.15) is 4.39 Å². The molecule has 0 aliphatic rings. The van der Waals surface area contributed by atoms with Gasteiger partial charge in [0.05, 0.1) is 4.92 Å². The summed E-state index contributed by atoms with van der Waals surface area (Å²) in [5, 5.41) is 10.6. The van der Waals surface area contributed by atoms with Crippen molar-refractivity contribution in [3.05, 3.63) is 69.5 Å². The first-order valence-corrected chi connectivity index (χ1v) is 6.19. The Morgan fingerprint density at radius 2 is 1.81 bits per heavy atom. The molecule has 2 aromatic rings. The van der Waals surface area contributed by atoms with E-state index in [2.05, 4.69) is 0 Å². The van der Waals surface area contributed by atoms with Gasteiger partial charge in [0.2, 0.25) is 5.82 Å². The van der Waals surface area contributed by atoms with Crippen LogP contribution in [-0.2, 0) is 0 Å². The molecule has 1 amide bonds. The highest BCUT2D eigenvalue weighted by Crippen LogP contribution is 2.21. The van der Waals surface area contributed by atoms with E-state index in [4.69, 9.17) is 0 Å². The van der Waals surface area contributed by atoms with Gasteiger partial charge in [-0.1, -0.05) is 17.7 Å². The summed E-state index contributed by atoms with van der Waals surface area (Å²) in [6.45, 7) is 1.93. The summed E-state index contributed by atoms with van der Waals surface area (Å²) < 4.78 is 13.6. The second-order valence-corrected chi connectivity index (χ2v) is 4.62. The van der Waals surface area contributed by atoms with Crippen molar-refractivity contribution in [3.63, 3.8) is 0 Å². The number of halogens is 1. The normalized spacial score (nSPS) is 10.2. The molecule has 0 fully saturated rings. The van der Waals surface area contributed by atoms with E-state index in [1.165, 1.54) is 11.0 Å². The van der Waals surface area contributed by atoms with E-state index in [0.717, 1.165) is 17.7 Å². The summed E-state index contributed by atoms with van der Waals surface area (Å²) in [5.41, 5.74) is 1.12. The number of nitro groups is 1. The molecule has 0 aliphatic carbocycles. The van der Waals surface area contributed by atoms with Gasteiger partial charge in [0, 0.05) is 24.4 Å². The van der Waals surface area contributed by atoms with E-state index in [-0.39, 0.29) is 5.56 Å². The van der Waals surface area contributed by atoms with Gasteiger partial charge < -0.3 is 4.90 Å². The first kappa shape index (κ1) is 14.6. The van der Waals surface area contributed by atoms with Crippen LogP contribution in [0.2, 0.25) is 0 Å². The molecule has 5 nitrogen and oxygen atoms in total. The second-order valence-electron chi connectivity index (χ2n) is 4.62. The van der Waals surface area contributed by atoms with Gasteiger partial charge >= 0.3 is 5.69 Å². The van der Waals surface area contributed by atoms with Crippen molar-refractivity contribution >= 4 is 17.3 Å². The molecule has 0 aliphatic heterocycles. The summed E-state index contributed by atoms with van der Waals surface area (Å²) in [6, 6.07) is 10.4. The molecule has 0 heterocycles. The zero-order valence-electron chi connectivity index (χ0n) is 11.5. The predicted molar refractivity (Wildman–Crippen MR) is 77.0 cm³/mol. The Morgan fingerprint density at radius 3 is 2.33 bits per heavy atom. The molecule has 0 radical (unpaired) electrons.